The molecule has 2 aromatic carbocycles. The molecule has 0 amide bonds. The molecule has 1 aliphatic heterocycles. The smallest absolute Gasteiger partial charge is 0.190 e. The van der Waals surface area contributed by atoms with Crippen LogP contribution in [-0.4, -0.2) is 38.4 Å². The lowest BCUT2D eigenvalue weighted by Gasteiger charge is -2.15. The number of rotatable bonds is 8. The molecule has 0 bridgehead atoms. The van der Waals surface area contributed by atoms with Crippen LogP contribution in [-0.2, 0) is 21.0 Å². The zero-order valence-electron chi connectivity index (χ0n) is 23.0. The van der Waals surface area contributed by atoms with E-state index in [1.54, 1.807) is 12.1 Å². The Kier molecular flexibility index (Phi) is 12.3. The second-order valence-corrected chi connectivity index (χ2v) is 12.5. The Morgan fingerprint density at radius 3 is 1.80 bits per heavy atom. The number of thioether (sulfide) groups is 2. The van der Waals surface area contributed by atoms with Gasteiger partial charge < -0.3 is 9.47 Å². The molecule has 1 unspecified atom stereocenters. The average molecular weight is 706 g/mol. The molecule has 2 aromatic heterocycles. The highest BCUT2D eigenvalue weighted by atomic mass is 35.5. The Morgan fingerprint density at radius 2 is 1.30 bits per heavy atom. The molecular formula is C29H23Cl3F4N4O2S2. The van der Waals surface area contributed by atoms with Crippen LogP contribution in [0, 0.1) is 23.3 Å². The van der Waals surface area contributed by atoms with E-state index in [2.05, 4.69) is 19.9 Å². The van der Waals surface area contributed by atoms with Gasteiger partial charge in [-0.25, -0.2) is 37.5 Å². The highest BCUT2D eigenvalue weighted by Crippen LogP contribution is 2.27. The minimum Gasteiger partial charge on any atom is -0.347 e. The van der Waals surface area contributed by atoms with Gasteiger partial charge in [0, 0.05) is 34.8 Å². The summed E-state index contributed by atoms with van der Waals surface area (Å²) < 4.78 is 64.5. The van der Waals surface area contributed by atoms with Gasteiger partial charge >= 0.3 is 0 Å². The van der Waals surface area contributed by atoms with E-state index in [1.165, 1.54) is 42.1 Å². The van der Waals surface area contributed by atoms with Crippen LogP contribution < -0.4 is 0 Å². The maximum absolute atomic E-state index is 13.7. The lowest BCUT2D eigenvalue weighted by atomic mass is 10.2. The molecule has 1 aliphatic rings. The van der Waals surface area contributed by atoms with E-state index in [9.17, 15) is 17.6 Å². The lowest BCUT2D eigenvalue weighted by Crippen LogP contribution is -2.20. The Morgan fingerprint density at radius 1 is 0.795 bits per heavy atom. The number of nitrogens with zero attached hydrogens (tertiary/aromatic N) is 4. The van der Waals surface area contributed by atoms with E-state index in [1.807, 2.05) is 19.9 Å². The van der Waals surface area contributed by atoms with Crippen molar-refractivity contribution in [1.82, 2.24) is 19.9 Å². The van der Waals surface area contributed by atoms with Crippen LogP contribution in [0.4, 0.5) is 17.6 Å². The molecule has 1 fully saturated rings. The van der Waals surface area contributed by atoms with Gasteiger partial charge in [0.15, 0.2) is 39.4 Å². The van der Waals surface area contributed by atoms with Crippen LogP contribution in [0.5, 0.6) is 0 Å². The van der Waals surface area contributed by atoms with Crippen LogP contribution in [0.25, 0.3) is 6.08 Å². The molecule has 0 aliphatic carbocycles. The number of ether oxygens (including phenoxy) is 2. The summed E-state index contributed by atoms with van der Waals surface area (Å²) in [6.07, 6.45) is 3.44. The zero-order chi connectivity index (χ0) is 31.9. The van der Waals surface area contributed by atoms with E-state index in [-0.39, 0.29) is 44.2 Å². The minimum absolute atomic E-state index is 0.170. The quantitative estimate of drug-likeness (QED) is 0.0778. The van der Waals surface area contributed by atoms with Crippen molar-refractivity contribution in [3.05, 3.63) is 110 Å². The van der Waals surface area contributed by atoms with E-state index in [0.717, 1.165) is 23.9 Å². The van der Waals surface area contributed by atoms with E-state index >= 15 is 0 Å². The summed E-state index contributed by atoms with van der Waals surface area (Å²) in [4.78, 5) is 16.3. The molecule has 0 saturated carbocycles. The maximum atomic E-state index is 13.7. The lowest BCUT2D eigenvalue weighted by molar-refractivity contribution is -0.133. The molecule has 0 N–H and O–H groups in total. The zero-order valence-corrected chi connectivity index (χ0v) is 26.9. The van der Waals surface area contributed by atoms with Gasteiger partial charge in [-0.15, -0.1) is 0 Å². The molecule has 1 atom stereocenters. The summed E-state index contributed by atoms with van der Waals surface area (Å²) in [5, 5.41) is 1.38. The van der Waals surface area contributed by atoms with Gasteiger partial charge in [-0.2, -0.15) is 0 Å². The molecule has 5 rings (SSSR count). The number of halogens is 7. The van der Waals surface area contributed by atoms with Crippen molar-refractivity contribution in [3.8, 4) is 0 Å². The molecule has 6 nitrogen and oxygen atoms in total. The summed E-state index contributed by atoms with van der Waals surface area (Å²) in [6, 6.07) is 11.1. The number of benzene rings is 2. The summed E-state index contributed by atoms with van der Waals surface area (Å²) in [5.74, 6) is -3.69. The van der Waals surface area contributed by atoms with Crippen LogP contribution in [0.2, 0.25) is 15.5 Å². The third-order valence-electron chi connectivity index (χ3n) is 5.63. The first-order chi connectivity index (χ1) is 20.9. The fraction of sp³-hybridized carbons (Fsp3) is 0.241. The van der Waals surface area contributed by atoms with Crippen molar-refractivity contribution in [1.29, 1.82) is 0 Å². The van der Waals surface area contributed by atoms with Gasteiger partial charge in [0.1, 0.15) is 21.6 Å². The normalized spacial score (nSPS) is 15.8. The highest BCUT2D eigenvalue weighted by molar-refractivity contribution is 7.98. The molecule has 3 heterocycles. The number of hydrogen-bond acceptors (Lipinski definition) is 8. The summed E-state index contributed by atoms with van der Waals surface area (Å²) in [6.45, 7) is 4.16. The van der Waals surface area contributed by atoms with Crippen molar-refractivity contribution < 1.29 is 27.0 Å². The van der Waals surface area contributed by atoms with Crippen LogP contribution in [0.15, 0.2) is 64.9 Å². The van der Waals surface area contributed by atoms with Crippen molar-refractivity contribution in [2.24, 2.45) is 0 Å². The van der Waals surface area contributed by atoms with Crippen LogP contribution in [0.1, 0.15) is 30.7 Å². The van der Waals surface area contributed by atoms with Gasteiger partial charge in [0.2, 0.25) is 0 Å². The Balaban J connectivity index is 0.000000215. The molecule has 44 heavy (non-hydrogen) atoms. The summed E-state index contributed by atoms with van der Waals surface area (Å²) in [5.41, 5.74) is 1.08. The largest absolute Gasteiger partial charge is 0.347 e. The number of aromatic nitrogens is 4. The van der Waals surface area contributed by atoms with E-state index < -0.39 is 29.1 Å². The highest BCUT2D eigenvalue weighted by Gasteiger charge is 2.31. The summed E-state index contributed by atoms with van der Waals surface area (Å²) >= 11 is 19.8. The molecular weight excluding hydrogens is 683 g/mol. The second kappa shape index (κ2) is 15.7. The van der Waals surface area contributed by atoms with Gasteiger partial charge in [-0.05, 0) is 32.1 Å². The predicted octanol–water partition coefficient (Wildman–Crippen LogP) is 9.22. The van der Waals surface area contributed by atoms with E-state index in [4.69, 9.17) is 44.3 Å². The molecule has 232 valence electrons. The molecule has 0 radical (unpaired) electrons. The molecule has 15 heteroatoms. The standard InChI is InChI=1S/C18H17ClF2N2O2S.C11H6Cl2F2N2S/c1-18(2)24-9-13(25-18)7-6-12-8-15(19)23-17(22-12)26-10-11-4-3-5-14(20)16(11)21;12-8-4-9(13)17-11(16-8)18-5-6-2-1-3-7(14)10(6)15/h3-8,13H,9-10H2,1-2H3;1-4H,5H2. The van der Waals surface area contributed by atoms with Gasteiger partial charge in [-0.1, -0.05) is 88.7 Å². The van der Waals surface area contributed by atoms with Crippen molar-refractivity contribution in [2.75, 3.05) is 6.61 Å². The third-order valence-corrected chi connectivity index (χ3v) is 8.00. The number of hydrogen-bond donors (Lipinski definition) is 0. The SMILES string of the molecule is CC1(C)OCC(C=Cc2cc(Cl)nc(SCc3cccc(F)c3F)n2)O1.Fc1cccc(CSc2nc(Cl)cc(Cl)n2)c1F. The van der Waals surface area contributed by atoms with Crippen LogP contribution >= 0.6 is 58.3 Å². The Labute approximate surface area is 274 Å². The third kappa shape index (κ3) is 10.3. The summed E-state index contributed by atoms with van der Waals surface area (Å²) in [7, 11) is 0. The van der Waals surface area contributed by atoms with Crippen LogP contribution in [0.3, 0.4) is 0 Å². The van der Waals surface area contributed by atoms with Crippen molar-refractivity contribution in [2.45, 2.75) is 47.6 Å². The van der Waals surface area contributed by atoms with Gasteiger partial charge in [0.25, 0.3) is 0 Å². The van der Waals surface area contributed by atoms with Crippen molar-refractivity contribution in [3.63, 3.8) is 0 Å². The fourth-order valence-corrected chi connectivity index (χ4v) is 6.06. The van der Waals surface area contributed by atoms with Crippen molar-refractivity contribution >= 4 is 64.4 Å². The van der Waals surface area contributed by atoms with Gasteiger partial charge in [-0.3, -0.25) is 0 Å². The predicted molar refractivity (Wildman–Crippen MR) is 165 cm³/mol. The topological polar surface area (TPSA) is 70.0 Å². The van der Waals surface area contributed by atoms with Gasteiger partial charge in [0.05, 0.1) is 12.3 Å². The Bertz CT molecular complexity index is 1630. The first-order valence-electron chi connectivity index (χ1n) is 12.7. The monoisotopic (exact) mass is 704 g/mol. The average Bonchev–Trinajstić information content (AvgIpc) is 3.31. The first kappa shape index (κ1) is 34.4. The van der Waals surface area contributed by atoms with E-state index in [0.29, 0.717) is 22.6 Å². The molecule has 4 aromatic rings. The first-order valence-corrected chi connectivity index (χ1v) is 15.8. The molecule has 1 saturated heterocycles. The Hall–Kier alpha value is -2.45. The minimum atomic E-state index is -0.877. The second-order valence-electron chi connectivity index (χ2n) is 9.42. The maximum Gasteiger partial charge on any atom is 0.190 e. The molecule has 0 spiro atoms. The fourth-order valence-electron chi connectivity index (χ4n) is 3.62.